The maximum Gasteiger partial charge on any atom is 0.348 e. The van der Waals surface area contributed by atoms with Gasteiger partial charge >= 0.3 is 5.97 Å². The van der Waals surface area contributed by atoms with E-state index >= 15 is 0 Å². The number of aryl methyl sites for hydroxylation is 1. The summed E-state index contributed by atoms with van der Waals surface area (Å²) in [5.74, 6) is -0.579. The molecule has 5 heteroatoms. The van der Waals surface area contributed by atoms with E-state index in [1.165, 1.54) is 6.08 Å². The van der Waals surface area contributed by atoms with Crippen molar-refractivity contribution in [2.24, 2.45) is 7.05 Å². The normalized spacial score (nSPS) is 11.0. The van der Waals surface area contributed by atoms with E-state index < -0.39 is 5.97 Å². The molecule has 1 aromatic rings. The molecule has 0 aliphatic rings. The molecule has 0 aromatic carbocycles. The van der Waals surface area contributed by atoms with Gasteiger partial charge in [0.2, 0.25) is 0 Å². The van der Waals surface area contributed by atoms with Gasteiger partial charge in [-0.25, -0.2) is 4.79 Å². The van der Waals surface area contributed by atoms with Gasteiger partial charge in [0.1, 0.15) is 11.6 Å². The van der Waals surface area contributed by atoms with Gasteiger partial charge < -0.3 is 4.74 Å². The molecule has 0 saturated heterocycles. The minimum Gasteiger partial charge on any atom is -0.462 e. The van der Waals surface area contributed by atoms with E-state index in [1.807, 2.05) is 13.0 Å². The summed E-state index contributed by atoms with van der Waals surface area (Å²) >= 11 is 0. The third kappa shape index (κ3) is 4.11. The van der Waals surface area contributed by atoms with E-state index in [-0.39, 0.29) is 5.57 Å². The lowest BCUT2D eigenvalue weighted by molar-refractivity contribution is -0.138. The van der Waals surface area contributed by atoms with Crippen molar-refractivity contribution in [3.05, 3.63) is 23.5 Å². The van der Waals surface area contributed by atoms with E-state index in [2.05, 4.69) is 5.10 Å². The second kappa shape index (κ2) is 6.48. The largest absolute Gasteiger partial charge is 0.462 e. The molecule has 0 aliphatic carbocycles. The molecule has 0 N–H and O–H groups in total. The Hall–Kier alpha value is -2.09. The van der Waals surface area contributed by atoms with Crippen LogP contribution in [-0.4, -0.2) is 22.4 Å². The number of esters is 1. The Morgan fingerprint density at radius 3 is 3.00 bits per heavy atom. The van der Waals surface area contributed by atoms with Gasteiger partial charge in [0.05, 0.1) is 12.8 Å². The maximum absolute atomic E-state index is 11.5. The second-order valence-electron chi connectivity index (χ2n) is 3.61. The van der Waals surface area contributed by atoms with Gasteiger partial charge in [0.25, 0.3) is 0 Å². The lowest BCUT2D eigenvalue weighted by atomic mass is 10.2. The van der Waals surface area contributed by atoms with Crippen LogP contribution in [0.5, 0.6) is 0 Å². The minimum absolute atomic E-state index is 0.00546. The minimum atomic E-state index is -0.579. The molecule has 1 rings (SSSR count). The Morgan fingerprint density at radius 1 is 1.71 bits per heavy atom. The molecule has 0 fully saturated rings. The maximum atomic E-state index is 11.5. The molecular weight excluding hydrogens is 218 g/mol. The average molecular weight is 233 g/mol. The van der Waals surface area contributed by atoms with E-state index in [0.29, 0.717) is 12.2 Å². The summed E-state index contributed by atoms with van der Waals surface area (Å²) in [4.78, 5) is 11.5. The predicted molar refractivity (Wildman–Crippen MR) is 62.7 cm³/mol. The van der Waals surface area contributed by atoms with Crippen molar-refractivity contribution in [3.8, 4) is 6.07 Å². The van der Waals surface area contributed by atoms with Crippen LogP contribution >= 0.6 is 0 Å². The third-order valence-electron chi connectivity index (χ3n) is 2.11. The van der Waals surface area contributed by atoms with Gasteiger partial charge in [-0.1, -0.05) is 13.3 Å². The zero-order valence-electron chi connectivity index (χ0n) is 10.0. The van der Waals surface area contributed by atoms with Crippen LogP contribution in [0.25, 0.3) is 6.08 Å². The molecule has 1 aromatic heterocycles. The highest BCUT2D eigenvalue weighted by Crippen LogP contribution is 2.07. The Morgan fingerprint density at radius 2 is 2.47 bits per heavy atom. The average Bonchev–Trinajstić information content (AvgIpc) is 2.72. The molecule has 5 nitrogen and oxygen atoms in total. The summed E-state index contributed by atoms with van der Waals surface area (Å²) in [5.41, 5.74) is 0.700. The molecule has 0 unspecified atom stereocenters. The highest BCUT2D eigenvalue weighted by Gasteiger charge is 2.10. The van der Waals surface area contributed by atoms with E-state index in [0.717, 1.165) is 12.8 Å². The Labute approximate surface area is 100 Å². The fourth-order valence-corrected chi connectivity index (χ4v) is 1.21. The summed E-state index contributed by atoms with van der Waals surface area (Å²) in [6.45, 7) is 2.35. The molecule has 0 radical (unpaired) electrons. The molecule has 0 spiro atoms. The standard InChI is InChI=1S/C12H15N3O2/c1-3-4-5-17-12(16)11(7-13)6-10-8-14-15(2)9-10/h6,8-9H,3-5H2,1-2H3/b11-6+. The summed E-state index contributed by atoms with van der Waals surface area (Å²) in [7, 11) is 1.77. The van der Waals surface area contributed by atoms with Crippen LogP contribution in [0.4, 0.5) is 0 Å². The Kier molecular flexibility index (Phi) is 4.95. The van der Waals surface area contributed by atoms with Crippen LogP contribution in [0, 0.1) is 11.3 Å². The van der Waals surface area contributed by atoms with Crippen molar-refractivity contribution in [1.82, 2.24) is 9.78 Å². The lowest BCUT2D eigenvalue weighted by Crippen LogP contribution is -2.07. The molecule has 0 amide bonds. The number of carbonyl (C=O) groups is 1. The van der Waals surface area contributed by atoms with Crippen molar-refractivity contribution >= 4 is 12.0 Å². The smallest absolute Gasteiger partial charge is 0.348 e. The van der Waals surface area contributed by atoms with Crippen molar-refractivity contribution < 1.29 is 9.53 Å². The molecule has 0 aliphatic heterocycles. The number of carbonyl (C=O) groups excluding carboxylic acids is 1. The lowest BCUT2D eigenvalue weighted by Gasteiger charge is -2.01. The van der Waals surface area contributed by atoms with Crippen molar-refractivity contribution in [2.75, 3.05) is 6.61 Å². The van der Waals surface area contributed by atoms with Gasteiger partial charge in [0, 0.05) is 18.8 Å². The topological polar surface area (TPSA) is 67.9 Å². The third-order valence-corrected chi connectivity index (χ3v) is 2.11. The first-order chi connectivity index (χ1) is 8.17. The number of rotatable bonds is 5. The number of nitriles is 1. The number of unbranched alkanes of at least 4 members (excludes halogenated alkanes) is 1. The Bertz CT molecular complexity index is 455. The van der Waals surface area contributed by atoms with Crippen molar-refractivity contribution in [1.29, 1.82) is 5.26 Å². The van der Waals surface area contributed by atoms with E-state index in [9.17, 15) is 4.79 Å². The number of hydrogen-bond acceptors (Lipinski definition) is 4. The van der Waals surface area contributed by atoms with Crippen molar-refractivity contribution in [2.45, 2.75) is 19.8 Å². The summed E-state index contributed by atoms with van der Waals surface area (Å²) in [5, 5.41) is 12.8. The van der Waals surface area contributed by atoms with Crippen molar-refractivity contribution in [3.63, 3.8) is 0 Å². The summed E-state index contributed by atoms with van der Waals surface area (Å²) < 4.78 is 6.56. The number of hydrogen-bond donors (Lipinski definition) is 0. The molecular formula is C12H15N3O2. The zero-order chi connectivity index (χ0) is 12.7. The summed E-state index contributed by atoms with van der Waals surface area (Å²) in [6, 6.07) is 1.84. The van der Waals surface area contributed by atoms with Gasteiger partial charge in [-0.15, -0.1) is 0 Å². The first kappa shape index (κ1) is 13.0. The van der Waals surface area contributed by atoms with Crippen LogP contribution in [0.15, 0.2) is 18.0 Å². The van der Waals surface area contributed by atoms with Crippen LogP contribution < -0.4 is 0 Å². The molecule has 1 heterocycles. The number of aromatic nitrogens is 2. The van der Waals surface area contributed by atoms with Crippen LogP contribution in [0.2, 0.25) is 0 Å². The van der Waals surface area contributed by atoms with E-state index in [4.69, 9.17) is 10.00 Å². The molecule has 17 heavy (non-hydrogen) atoms. The van der Waals surface area contributed by atoms with Crippen LogP contribution in [0.3, 0.4) is 0 Å². The molecule has 0 saturated carbocycles. The molecule has 90 valence electrons. The fraction of sp³-hybridized carbons (Fsp3) is 0.417. The van der Waals surface area contributed by atoms with E-state index in [1.54, 1.807) is 24.1 Å². The van der Waals surface area contributed by atoms with Gasteiger partial charge in [-0.3, -0.25) is 4.68 Å². The SMILES string of the molecule is CCCCOC(=O)/C(C#N)=C/c1cnn(C)c1. The zero-order valence-corrected chi connectivity index (χ0v) is 10.0. The highest BCUT2D eigenvalue weighted by atomic mass is 16.5. The first-order valence-electron chi connectivity index (χ1n) is 5.45. The first-order valence-corrected chi connectivity index (χ1v) is 5.45. The predicted octanol–water partition coefficient (Wildman–Crippen LogP) is 1.67. The quantitative estimate of drug-likeness (QED) is 0.336. The van der Waals surface area contributed by atoms with Gasteiger partial charge in [-0.2, -0.15) is 10.4 Å². The Balaban J connectivity index is 2.68. The number of ether oxygens (including phenoxy) is 1. The summed E-state index contributed by atoms with van der Waals surface area (Å²) in [6.07, 6.45) is 6.52. The highest BCUT2D eigenvalue weighted by molar-refractivity contribution is 5.97. The molecule has 0 atom stereocenters. The molecule has 0 bridgehead atoms. The van der Waals surface area contributed by atoms with Crippen LogP contribution in [-0.2, 0) is 16.6 Å². The van der Waals surface area contributed by atoms with Crippen LogP contribution in [0.1, 0.15) is 25.3 Å². The van der Waals surface area contributed by atoms with Gasteiger partial charge in [0.15, 0.2) is 0 Å². The second-order valence-corrected chi connectivity index (χ2v) is 3.61. The fourth-order valence-electron chi connectivity index (χ4n) is 1.21. The monoisotopic (exact) mass is 233 g/mol. The van der Waals surface area contributed by atoms with Gasteiger partial charge in [-0.05, 0) is 12.5 Å². The number of nitrogens with zero attached hydrogens (tertiary/aromatic N) is 3.